The summed E-state index contributed by atoms with van der Waals surface area (Å²) < 4.78 is 2.47. The number of nitrogens with zero attached hydrogens (tertiary/aromatic N) is 2. The molecule has 0 saturated heterocycles. The van der Waals surface area contributed by atoms with Gasteiger partial charge in [-0.25, -0.2) is 0 Å². The van der Waals surface area contributed by atoms with Gasteiger partial charge in [-0.05, 0) is 24.3 Å². The summed E-state index contributed by atoms with van der Waals surface area (Å²) in [5.74, 6) is 0. The van der Waals surface area contributed by atoms with Crippen LogP contribution in [0.2, 0.25) is 0 Å². The van der Waals surface area contributed by atoms with Crippen molar-refractivity contribution in [3.63, 3.8) is 0 Å². The highest BCUT2D eigenvalue weighted by Crippen LogP contribution is 2.46. The van der Waals surface area contributed by atoms with Gasteiger partial charge in [0, 0.05) is 33.9 Å². The molecule has 1 aliphatic heterocycles. The lowest BCUT2D eigenvalue weighted by Crippen LogP contribution is -2.21. The van der Waals surface area contributed by atoms with E-state index in [0.29, 0.717) is 0 Å². The van der Waals surface area contributed by atoms with E-state index in [4.69, 9.17) is 0 Å². The Kier molecular flexibility index (Phi) is 3.40. The molecule has 0 fully saturated rings. The molecule has 6 rings (SSSR count). The van der Waals surface area contributed by atoms with E-state index in [2.05, 4.69) is 107 Å². The summed E-state index contributed by atoms with van der Waals surface area (Å²) in [6.07, 6.45) is 0. The molecule has 0 amide bonds. The average molecular weight is 360 g/mol. The molecule has 1 aromatic heterocycles. The number of hydrogen-bond acceptors (Lipinski definition) is 1. The summed E-state index contributed by atoms with van der Waals surface area (Å²) >= 11 is 0. The van der Waals surface area contributed by atoms with Gasteiger partial charge in [-0.15, -0.1) is 0 Å². The minimum absolute atomic E-state index is 0.941. The van der Waals surface area contributed by atoms with Crippen molar-refractivity contribution >= 4 is 33.2 Å². The molecule has 133 valence electrons. The third kappa shape index (κ3) is 2.19. The molecule has 0 aliphatic carbocycles. The third-order valence-electron chi connectivity index (χ3n) is 5.91. The van der Waals surface area contributed by atoms with Crippen LogP contribution in [0.25, 0.3) is 32.9 Å². The Hall–Kier alpha value is -3.36. The van der Waals surface area contributed by atoms with Crippen LogP contribution in [-0.2, 0) is 6.54 Å². The summed E-state index contributed by atoms with van der Waals surface area (Å²) in [5, 5.41) is 2.67. The number of anilines is 2. The molecule has 5 aromatic rings. The molecule has 0 atom stereocenters. The minimum Gasteiger partial charge on any atom is -0.335 e. The third-order valence-corrected chi connectivity index (χ3v) is 5.91. The van der Waals surface area contributed by atoms with Crippen LogP contribution in [0.5, 0.6) is 0 Å². The van der Waals surface area contributed by atoms with Gasteiger partial charge in [0.2, 0.25) is 0 Å². The molecule has 2 heterocycles. The monoisotopic (exact) mass is 360 g/mol. The molecule has 0 bridgehead atoms. The molecule has 0 N–H and O–H groups in total. The van der Waals surface area contributed by atoms with E-state index in [1.54, 1.807) is 0 Å². The zero-order valence-electron chi connectivity index (χ0n) is 15.5. The van der Waals surface area contributed by atoms with E-state index in [-0.39, 0.29) is 0 Å². The Labute approximate surface area is 164 Å². The van der Waals surface area contributed by atoms with Gasteiger partial charge in [0.15, 0.2) is 17.9 Å². The van der Waals surface area contributed by atoms with Gasteiger partial charge < -0.3 is 4.57 Å². The molecular formula is C26H20N2+. The minimum atomic E-state index is 0.941. The largest absolute Gasteiger partial charge is 0.335 e. The highest BCUT2D eigenvalue weighted by Gasteiger charge is 2.36. The van der Waals surface area contributed by atoms with E-state index in [1.165, 1.54) is 44.3 Å². The molecule has 28 heavy (non-hydrogen) atoms. The van der Waals surface area contributed by atoms with E-state index in [9.17, 15) is 0 Å². The second-order valence-corrected chi connectivity index (χ2v) is 7.37. The first-order chi connectivity index (χ1) is 13.9. The Morgan fingerprint density at radius 1 is 0.536 bits per heavy atom. The van der Waals surface area contributed by atoms with E-state index in [0.717, 1.165) is 13.1 Å². The number of aromatic nitrogens is 1. The predicted octanol–water partition coefficient (Wildman–Crippen LogP) is 6.58. The topological polar surface area (TPSA) is 10.8 Å². The van der Waals surface area contributed by atoms with Gasteiger partial charge in [0.25, 0.3) is 0 Å². The maximum Gasteiger partial charge on any atom is 0.194 e. The lowest BCUT2D eigenvalue weighted by Gasteiger charge is -2.10. The average Bonchev–Trinajstić information content (AvgIpc) is 3.26. The van der Waals surface area contributed by atoms with E-state index in [1.807, 2.05) is 0 Å². The molecule has 4 aromatic carbocycles. The summed E-state index contributed by atoms with van der Waals surface area (Å²) in [6, 6.07) is 34.9. The summed E-state index contributed by atoms with van der Waals surface area (Å²) in [5.41, 5.74) is 7.91. The normalized spacial score (nSPS) is 13.1. The van der Waals surface area contributed by atoms with Crippen LogP contribution in [0.3, 0.4) is 0 Å². The van der Waals surface area contributed by atoms with Crippen molar-refractivity contribution in [2.24, 2.45) is 0 Å². The highest BCUT2D eigenvalue weighted by atomic mass is 15.2. The fourth-order valence-electron chi connectivity index (χ4n) is 4.69. The first kappa shape index (κ1) is 15.7. The highest BCUT2D eigenvalue weighted by molar-refractivity contribution is 6.08. The van der Waals surface area contributed by atoms with Crippen LogP contribution in [0.4, 0.5) is 11.4 Å². The number of fused-ring (bicyclic) bond motifs is 6. The van der Waals surface area contributed by atoms with Crippen molar-refractivity contribution in [2.45, 2.75) is 6.54 Å². The quantitative estimate of drug-likeness (QED) is 0.322. The number of hydrogen-bond donors (Lipinski definition) is 0. The fourth-order valence-corrected chi connectivity index (χ4v) is 4.69. The van der Waals surface area contributed by atoms with Crippen LogP contribution >= 0.6 is 0 Å². The molecule has 0 unspecified atom stereocenters. The van der Waals surface area contributed by atoms with Crippen LogP contribution in [0, 0.1) is 0 Å². The van der Waals surface area contributed by atoms with Gasteiger partial charge in [-0.2, -0.15) is 0 Å². The van der Waals surface area contributed by atoms with E-state index < -0.39 is 0 Å². The molecule has 1 aliphatic rings. The zero-order chi connectivity index (χ0) is 18.5. The molecular weight excluding hydrogens is 340 g/mol. The maximum absolute atomic E-state index is 2.47. The molecule has 1 radical (unpaired) electrons. The smallest absolute Gasteiger partial charge is 0.194 e. The van der Waals surface area contributed by atoms with E-state index >= 15 is 0 Å². The Morgan fingerprint density at radius 2 is 1.00 bits per heavy atom. The van der Waals surface area contributed by atoms with Crippen LogP contribution in [-0.4, -0.2) is 11.1 Å². The van der Waals surface area contributed by atoms with Crippen molar-refractivity contribution in [3.8, 4) is 11.1 Å². The lowest BCUT2D eigenvalue weighted by atomic mass is 10.1. The van der Waals surface area contributed by atoms with Crippen molar-refractivity contribution in [2.75, 3.05) is 6.54 Å². The van der Waals surface area contributed by atoms with Gasteiger partial charge in [0.1, 0.15) is 0 Å². The van der Waals surface area contributed by atoms with Crippen molar-refractivity contribution in [1.29, 1.82) is 0 Å². The standard InChI is InChI=1S/C26H20N2/c1-5-13-23-19(9-1)20-10-2-6-14-24(20)27(23)17-18-28-25-15-7-3-11-21(25)22-12-4-8-16-26(22)28/h1-16H,17-18H2/q+1. The maximum atomic E-state index is 2.47. The number of para-hydroxylation sites is 4. The number of benzene rings is 4. The summed E-state index contributed by atoms with van der Waals surface area (Å²) in [4.78, 5) is 2.47. The van der Waals surface area contributed by atoms with Crippen LogP contribution in [0.15, 0.2) is 97.1 Å². The van der Waals surface area contributed by atoms with Crippen molar-refractivity contribution in [3.05, 3.63) is 97.1 Å². The zero-order valence-corrected chi connectivity index (χ0v) is 15.5. The van der Waals surface area contributed by atoms with Crippen molar-refractivity contribution in [1.82, 2.24) is 9.47 Å². The molecule has 2 heteroatoms. The lowest BCUT2D eigenvalue weighted by molar-refractivity contribution is 0.615. The van der Waals surface area contributed by atoms with Crippen molar-refractivity contribution < 1.29 is 0 Å². The second kappa shape index (κ2) is 6.08. The summed E-state index contributed by atoms with van der Waals surface area (Å²) in [7, 11) is 0. The van der Waals surface area contributed by atoms with Gasteiger partial charge >= 0.3 is 0 Å². The van der Waals surface area contributed by atoms with Gasteiger partial charge in [0.05, 0.1) is 17.7 Å². The Balaban J connectivity index is 1.45. The Morgan fingerprint density at radius 3 is 1.57 bits per heavy atom. The first-order valence-corrected chi connectivity index (χ1v) is 9.84. The second-order valence-electron chi connectivity index (χ2n) is 7.37. The van der Waals surface area contributed by atoms with Gasteiger partial charge in [-0.3, -0.25) is 0 Å². The van der Waals surface area contributed by atoms with Gasteiger partial charge in [-0.1, -0.05) is 65.6 Å². The fraction of sp³-hybridized carbons (Fsp3) is 0.0769. The number of rotatable bonds is 3. The molecule has 0 saturated carbocycles. The first-order valence-electron chi connectivity index (χ1n) is 9.84. The Bertz CT molecular complexity index is 1230. The molecule has 0 spiro atoms. The molecule has 2 nitrogen and oxygen atoms in total. The van der Waals surface area contributed by atoms with Crippen LogP contribution < -0.4 is 4.90 Å². The predicted molar refractivity (Wildman–Crippen MR) is 118 cm³/mol. The summed E-state index contributed by atoms with van der Waals surface area (Å²) in [6.45, 7) is 1.88. The van der Waals surface area contributed by atoms with Crippen LogP contribution in [0.1, 0.15) is 0 Å². The SMILES string of the molecule is c1ccc2c(c1)-c1ccccc1[N+]2CCn1c2ccccc2c2ccccc21.